The molecule has 1 aromatic heterocycles. The quantitative estimate of drug-likeness (QED) is 0.465. The number of rotatable bonds is 6. The molecule has 0 radical (unpaired) electrons. The second-order valence-electron chi connectivity index (χ2n) is 3.09. The van der Waals surface area contributed by atoms with E-state index in [1.807, 2.05) is 18.3 Å². The van der Waals surface area contributed by atoms with E-state index < -0.39 is 12.0 Å². The van der Waals surface area contributed by atoms with Crippen molar-refractivity contribution in [2.24, 2.45) is 5.73 Å². The molecular formula is C9H15N3O2. The lowest BCUT2D eigenvalue weighted by Crippen LogP contribution is -2.40. The second-order valence-corrected chi connectivity index (χ2v) is 3.09. The Labute approximate surface area is 82.3 Å². The maximum atomic E-state index is 10.4. The fraction of sp³-hybridized carbons (Fsp3) is 0.444. The number of H-pyrrole nitrogens is 1. The first-order valence-electron chi connectivity index (χ1n) is 4.51. The van der Waals surface area contributed by atoms with Crippen molar-refractivity contribution in [2.45, 2.75) is 12.5 Å². The lowest BCUT2D eigenvalue weighted by Gasteiger charge is -2.07. The zero-order chi connectivity index (χ0) is 10.4. The average Bonchev–Trinajstić information content (AvgIpc) is 2.64. The van der Waals surface area contributed by atoms with E-state index in [9.17, 15) is 4.79 Å². The molecule has 14 heavy (non-hydrogen) atoms. The summed E-state index contributed by atoms with van der Waals surface area (Å²) in [4.78, 5) is 13.4. The van der Waals surface area contributed by atoms with Gasteiger partial charge in [-0.15, -0.1) is 0 Å². The van der Waals surface area contributed by atoms with Crippen LogP contribution in [-0.4, -0.2) is 35.2 Å². The first kappa shape index (κ1) is 10.7. The van der Waals surface area contributed by atoms with Gasteiger partial charge in [-0.3, -0.25) is 4.79 Å². The van der Waals surface area contributed by atoms with Gasteiger partial charge in [-0.05, 0) is 18.6 Å². The monoisotopic (exact) mass is 197 g/mol. The molecular weight excluding hydrogens is 182 g/mol. The van der Waals surface area contributed by atoms with Gasteiger partial charge in [0.05, 0.1) is 0 Å². The first-order valence-corrected chi connectivity index (χ1v) is 4.51. The number of carboxylic acid groups (broad SMARTS) is 1. The van der Waals surface area contributed by atoms with Gasteiger partial charge in [0.1, 0.15) is 6.04 Å². The van der Waals surface area contributed by atoms with Crippen molar-refractivity contribution < 1.29 is 9.90 Å². The Balaban J connectivity index is 2.08. The number of hydrogen-bond donors (Lipinski definition) is 4. The molecule has 5 N–H and O–H groups in total. The van der Waals surface area contributed by atoms with Crippen LogP contribution in [0.3, 0.4) is 0 Å². The molecule has 1 aromatic rings. The Bertz CT molecular complexity index is 272. The molecule has 1 atom stereocenters. The zero-order valence-corrected chi connectivity index (χ0v) is 7.86. The summed E-state index contributed by atoms with van der Waals surface area (Å²) in [6.45, 7) is 1.03. The van der Waals surface area contributed by atoms with Crippen LogP contribution in [0.2, 0.25) is 0 Å². The van der Waals surface area contributed by atoms with Crippen LogP contribution in [0.15, 0.2) is 18.3 Å². The Hall–Kier alpha value is -1.33. The lowest BCUT2D eigenvalue weighted by atomic mass is 10.3. The molecule has 0 spiro atoms. The maximum Gasteiger partial charge on any atom is 0.321 e. The highest BCUT2D eigenvalue weighted by molar-refractivity contribution is 5.73. The second kappa shape index (κ2) is 5.41. The van der Waals surface area contributed by atoms with Crippen LogP contribution in [0.4, 0.5) is 0 Å². The molecule has 0 amide bonds. The lowest BCUT2D eigenvalue weighted by molar-refractivity contribution is -0.138. The largest absolute Gasteiger partial charge is 0.480 e. The van der Waals surface area contributed by atoms with Crippen molar-refractivity contribution in [1.29, 1.82) is 0 Å². The minimum atomic E-state index is -0.975. The Morgan fingerprint density at radius 2 is 2.50 bits per heavy atom. The molecule has 1 unspecified atom stereocenters. The predicted octanol–water partition coefficient (Wildman–Crippen LogP) is -0.441. The van der Waals surface area contributed by atoms with E-state index in [1.54, 1.807) is 0 Å². The first-order chi connectivity index (χ1) is 6.70. The van der Waals surface area contributed by atoms with Gasteiger partial charge in [-0.2, -0.15) is 0 Å². The molecule has 0 aliphatic rings. The van der Waals surface area contributed by atoms with Crippen molar-refractivity contribution in [2.75, 3.05) is 13.1 Å². The fourth-order valence-corrected chi connectivity index (χ4v) is 1.09. The van der Waals surface area contributed by atoms with Crippen molar-refractivity contribution in [3.63, 3.8) is 0 Å². The summed E-state index contributed by atoms with van der Waals surface area (Å²) in [6.07, 6.45) is 2.71. The third-order valence-electron chi connectivity index (χ3n) is 1.91. The summed E-state index contributed by atoms with van der Waals surface area (Å²) in [6, 6.07) is 3.09. The SMILES string of the molecule is NC(CNCCc1ccc[nH]1)C(=O)O. The summed E-state index contributed by atoms with van der Waals surface area (Å²) >= 11 is 0. The Kier molecular flexibility index (Phi) is 4.15. The Morgan fingerprint density at radius 3 is 3.07 bits per heavy atom. The average molecular weight is 197 g/mol. The molecule has 0 aromatic carbocycles. The van der Waals surface area contributed by atoms with Crippen LogP contribution in [0.1, 0.15) is 5.69 Å². The van der Waals surface area contributed by atoms with Gasteiger partial charge < -0.3 is 21.1 Å². The topological polar surface area (TPSA) is 91.1 Å². The van der Waals surface area contributed by atoms with Crippen LogP contribution >= 0.6 is 0 Å². The predicted molar refractivity (Wildman–Crippen MR) is 53.0 cm³/mol. The van der Waals surface area contributed by atoms with E-state index in [0.29, 0.717) is 6.54 Å². The van der Waals surface area contributed by atoms with Crippen LogP contribution in [0, 0.1) is 0 Å². The summed E-state index contributed by atoms with van der Waals surface area (Å²) in [5.41, 5.74) is 6.43. The third-order valence-corrected chi connectivity index (χ3v) is 1.91. The molecule has 1 heterocycles. The number of aliphatic carboxylic acids is 1. The number of nitrogens with two attached hydrogens (primary N) is 1. The number of carboxylic acids is 1. The van der Waals surface area contributed by atoms with E-state index >= 15 is 0 Å². The summed E-state index contributed by atoms with van der Waals surface area (Å²) in [7, 11) is 0. The fourth-order valence-electron chi connectivity index (χ4n) is 1.09. The minimum Gasteiger partial charge on any atom is -0.480 e. The minimum absolute atomic E-state index is 0.302. The maximum absolute atomic E-state index is 10.4. The number of hydrogen-bond acceptors (Lipinski definition) is 3. The summed E-state index contributed by atoms with van der Waals surface area (Å²) in [5, 5.41) is 11.5. The molecule has 1 rings (SSSR count). The summed E-state index contributed by atoms with van der Waals surface area (Å²) in [5.74, 6) is -0.975. The highest BCUT2D eigenvalue weighted by atomic mass is 16.4. The molecule has 0 bridgehead atoms. The molecule has 0 aliphatic heterocycles. The standard InChI is InChI=1S/C9H15N3O2/c10-8(9(13)14)6-11-5-3-7-2-1-4-12-7/h1-2,4,8,11-12H,3,5-6,10H2,(H,13,14). The van der Waals surface area contributed by atoms with Crippen molar-refractivity contribution >= 4 is 5.97 Å². The van der Waals surface area contributed by atoms with E-state index in [2.05, 4.69) is 10.3 Å². The van der Waals surface area contributed by atoms with Gasteiger partial charge >= 0.3 is 5.97 Å². The molecule has 5 heteroatoms. The number of aromatic nitrogens is 1. The summed E-state index contributed by atoms with van der Waals surface area (Å²) < 4.78 is 0. The number of carbonyl (C=O) groups is 1. The van der Waals surface area contributed by atoms with E-state index in [1.165, 1.54) is 0 Å². The molecule has 78 valence electrons. The van der Waals surface area contributed by atoms with E-state index in [4.69, 9.17) is 10.8 Å². The van der Waals surface area contributed by atoms with Gasteiger partial charge in [-0.25, -0.2) is 0 Å². The van der Waals surface area contributed by atoms with E-state index in [0.717, 1.165) is 18.7 Å². The van der Waals surface area contributed by atoms with Gasteiger partial charge in [0, 0.05) is 25.0 Å². The highest BCUT2D eigenvalue weighted by Crippen LogP contribution is 1.93. The molecule has 0 fully saturated rings. The zero-order valence-electron chi connectivity index (χ0n) is 7.86. The van der Waals surface area contributed by atoms with Crippen molar-refractivity contribution in [1.82, 2.24) is 10.3 Å². The number of nitrogens with one attached hydrogen (secondary N) is 2. The van der Waals surface area contributed by atoms with Gasteiger partial charge in [-0.1, -0.05) is 0 Å². The molecule has 5 nitrogen and oxygen atoms in total. The van der Waals surface area contributed by atoms with Crippen molar-refractivity contribution in [3.05, 3.63) is 24.0 Å². The van der Waals surface area contributed by atoms with Crippen LogP contribution < -0.4 is 11.1 Å². The van der Waals surface area contributed by atoms with Gasteiger partial charge in [0.25, 0.3) is 0 Å². The molecule has 0 saturated carbocycles. The smallest absolute Gasteiger partial charge is 0.321 e. The number of aromatic amines is 1. The van der Waals surface area contributed by atoms with Gasteiger partial charge in [0.2, 0.25) is 0 Å². The third kappa shape index (κ3) is 3.59. The highest BCUT2D eigenvalue weighted by Gasteiger charge is 2.09. The van der Waals surface area contributed by atoms with Crippen LogP contribution in [0.5, 0.6) is 0 Å². The van der Waals surface area contributed by atoms with E-state index in [-0.39, 0.29) is 0 Å². The normalized spacial score (nSPS) is 12.6. The van der Waals surface area contributed by atoms with Gasteiger partial charge in [0.15, 0.2) is 0 Å². The Morgan fingerprint density at radius 1 is 1.71 bits per heavy atom. The molecule has 0 saturated heterocycles. The van der Waals surface area contributed by atoms with Crippen LogP contribution in [0.25, 0.3) is 0 Å². The van der Waals surface area contributed by atoms with Crippen molar-refractivity contribution in [3.8, 4) is 0 Å². The van der Waals surface area contributed by atoms with Crippen LogP contribution in [-0.2, 0) is 11.2 Å². The molecule has 0 aliphatic carbocycles.